The smallest absolute Gasteiger partial charge is 0.335 e. The van der Waals surface area contributed by atoms with Crippen LogP contribution < -0.4 is 4.74 Å². The predicted molar refractivity (Wildman–Crippen MR) is 130 cm³/mol. The van der Waals surface area contributed by atoms with Crippen molar-refractivity contribution in [3.8, 4) is 27.3 Å². The fourth-order valence-electron chi connectivity index (χ4n) is 3.28. The summed E-state index contributed by atoms with van der Waals surface area (Å²) in [7, 11) is 0. The van der Waals surface area contributed by atoms with Gasteiger partial charge in [-0.05, 0) is 65.7 Å². The summed E-state index contributed by atoms with van der Waals surface area (Å²) in [5.74, 6) is -0.656. The number of hydrogen-bond acceptors (Lipinski definition) is 4. The minimum atomic E-state index is -0.953. The number of thioether (sulfide) groups is 1. The molecule has 0 aliphatic carbocycles. The van der Waals surface area contributed by atoms with Crippen molar-refractivity contribution in [3.05, 3.63) is 94.1 Å². The maximum absolute atomic E-state index is 13.4. The molecule has 0 spiro atoms. The van der Waals surface area contributed by atoms with Gasteiger partial charge in [-0.3, -0.25) is 0 Å². The number of aromatic carboxylic acids is 1. The molecule has 7 heteroatoms. The van der Waals surface area contributed by atoms with Crippen molar-refractivity contribution in [2.75, 3.05) is 6.26 Å². The summed E-state index contributed by atoms with van der Waals surface area (Å²) in [6.07, 6.45) is 2.01. The standard InChI is InChI=1S/C25H18ClFO3S2/c1-31-19-8-9-23(30-14-17-6-7-18(27)12-22(17)26)21(13-19)20-10-11-32-24(20)15-2-4-16(5-3-15)25(28)29/h2-13H,14H2,1H3,(H,28,29). The van der Waals surface area contributed by atoms with Gasteiger partial charge in [-0.2, -0.15) is 0 Å². The van der Waals surface area contributed by atoms with Crippen LogP contribution in [0, 0.1) is 5.82 Å². The number of ether oxygens (including phenoxy) is 1. The van der Waals surface area contributed by atoms with Gasteiger partial charge in [0, 0.05) is 26.5 Å². The van der Waals surface area contributed by atoms with Gasteiger partial charge in [0.2, 0.25) is 0 Å². The van der Waals surface area contributed by atoms with Crippen molar-refractivity contribution in [2.24, 2.45) is 0 Å². The first-order chi connectivity index (χ1) is 15.5. The minimum Gasteiger partial charge on any atom is -0.488 e. The van der Waals surface area contributed by atoms with E-state index in [0.29, 0.717) is 16.3 Å². The molecule has 0 aliphatic heterocycles. The van der Waals surface area contributed by atoms with Gasteiger partial charge in [-0.25, -0.2) is 9.18 Å². The van der Waals surface area contributed by atoms with E-state index in [1.165, 1.54) is 12.1 Å². The molecule has 1 N–H and O–H groups in total. The summed E-state index contributed by atoms with van der Waals surface area (Å²) in [5, 5.41) is 11.5. The molecule has 0 saturated heterocycles. The van der Waals surface area contributed by atoms with Crippen LogP contribution in [-0.2, 0) is 6.61 Å². The molecule has 1 heterocycles. The molecule has 32 heavy (non-hydrogen) atoms. The number of carboxylic acid groups (broad SMARTS) is 1. The number of halogens is 2. The molecule has 3 nitrogen and oxygen atoms in total. The van der Waals surface area contributed by atoms with Gasteiger partial charge in [-0.1, -0.05) is 29.8 Å². The van der Waals surface area contributed by atoms with Gasteiger partial charge in [0.15, 0.2) is 0 Å². The Morgan fingerprint density at radius 3 is 2.53 bits per heavy atom. The number of hydrogen-bond donors (Lipinski definition) is 1. The highest BCUT2D eigenvalue weighted by Gasteiger charge is 2.16. The van der Waals surface area contributed by atoms with Gasteiger partial charge < -0.3 is 9.84 Å². The van der Waals surface area contributed by atoms with E-state index in [0.717, 1.165) is 26.5 Å². The molecule has 4 aromatic rings. The first-order valence-electron chi connectivity index (χ1n) is 9.62. The van der Waals surface area contributed by atoms with Crippen molar-refractivity contribution in [1.29, 1.82) is 0 Å². The summed E-state index contributed by atoms with van der Waals surface area (Å²) < 4.78 is 19.5. The van der Waals surface area contributed by atoms with Crippen molar-refractivity contribution in [3.63, 3.8) is 0 Å². The van der Waals surface area contributed by atoms with E-state index in [4.69, 9.17) is 16.3 Å². The van der Waals surface area contributed by atoms with E-state index in [1.54, 1.807) is 41.3 Å². The Kier molecular flexibility index (Phi) is 6.84. The second-order valence-corrected chi connectivity index (χ2v) is 9.14. The monoisotopic (exact) mass is 484 g/mol. The van der Waals surface area contributed by atoms with Crippen LogP contribution in [0.3, 0.4) is 0 Å². The Balaban J connectivity index is 1.70. The summed E-state index contributed by atoms with van der Waals surface area (Å²) in [6.45, 7) is 0.206. The highest BCUT2D eigenvalue weighted by molar-refractivity contribution is 7.98. The molecule has 0 amide bonds. The van der Waals surface area contributed by atoms with Gasteiger partial charge in [0.25, 0.3) is 0 Å². The van der Waals surface area contributed by atoms with Crippen molar-refractivity contribution >= 4 is 40.7 Å². The Labute approximate surface area is 198 Å². The predicted octanol–water partition coefficient (Wildman–Crippen LogP) is 7.87. The van der Waals surface area contributed by atoms with Crippen LogP contribution in [0.5, 0.6) is 5.75 Å². The van der Waals surface area contributed by atoms with Crippen LogP contribution >= 0.6 is 34.7 Å². The molecule has 0 saturated carbocycles. The van der Waals surface area contributed by atoms with Crippen LogP contribution in [0.2, 0.25) is 5.02 Å². The lowest BCUT2D eigenvalue weighted by atomic mass is 10.0. The number of rotatable bonds is 7. The first kappa shape index (κ1) is 22.4. The van der Waals surface area contributed by atoms with Crippen LogP contribution in [0.1, 0.15) is 15.9 Å². The maximum Gasteiger partial charge on any atom is 0.335 e. The Hall–Kier alpha value is -2.80. The van der Waals surface area contributed by atoms with Crippen LogP contribution in [0.25, 0.3) is 21.6 Å². The lowest BCUT2D eigenvalue weighted by Gasteiger charge is -2.14. The van der Waals surface area contributed by atoms with Crippen LogP contribution in [0.4, 0.5) is 4.39 Å². The normalized spacial score (nSPS) is 10.8. The molecule has 3 aromatic carbocycles. The molecule has 0 unspecified atom stereocenters. The van der Waals surface area contributed by atoms with E-state index in [-0.39, 0.29) is 18.0 Å². The van der Waals surface area contributed by atoms with Gasteiger partial charge in [0.1, 0.15) is 18.2 Å². The highest BCUT2D eigenvalue weighted by Crippen LogP contribution is 2.42. The average molecular weight is 485 g/mol. The maximum atomic E-state index is 13.4. The summed E-state index contributed by atoms with van der Waals surface area (Å²) in [6, 6.07) is 19.1. The zero-order valence-corrected chi connectivity index (χ0v) is 19.4. The third kappa shape index (κ3) is 4.83. The van der Waals surface area contributed by atoms with E-state index in [2.05, 4.69) is 6.07 Å². The Morgan fingerprint density at radius 2 is 1.84 bits per heavy atom. The highest BCUT2D eigenvalue weighted by atomic mass is 35.5. The second-order valence-electron chi connectivity index (χ2n) is 6.93. The molecular formula is C25H18ClFO3S2. The first-order valence-corrected chi connectivity index (χ1v) is 12.1. The number of thiophene rings is 1. The molecule has 0 atom stereocenters. The zero-order valence-electron chi connectivity index (χ0n) is 17.0. The van der Waals surface area contributed by atoms with Crippen LogP contribution in [-0.4, -0.2) is 17.3 Å². The largest absolute Gasteiger partial charge is 0.488 e. The molecular weight excluding hydrogens is 467 g/mol. The topological polar surface area (TPSA) is 46.5 Å². The Morgan fingerprint density at radius 1 is 1.06 bits per heavy atom. The minimum absolute atomic E-state index is 0.206. The van der Waals surface area contributed by atoms with Gasteiger partial charge in [0.05, 0.1) is 10.6 Å². The molecule has 0 fully saturated rings. The van der Waals surface area contributed by atoms with E-state index >= 15 is 0 Å². The van der Waals surface area contributed by atoms with Crippen molar-refractivity contribution < 1.29 is 19.0 Å². The SMILES string of the molecule is CSc1ccc(OCc2ccc(F)cc2Cl)c(-c2ccsc2-c2ccc(C(=O)O)cc2)c1. The van der Waals surface area contributed by atoms with E-state index in [1.807, 2.05) is 42.0 Å². The number of carboxylic acids is 1. The van der Waals surface area contributed by atoms with E-state index in [9.17, 15) is 14.3 Å². The molecule has 0 aliphatic rings. The lowest BCUT2D eigenvalue weighted by molar-refractivity contribution is 0.0697. The number of carbonyl (C=O) groups is 1. The van der Waals surface area contributed by atoms with Crippen molar-refractivity contribution in [2.45, 2.75) is 11.5 Å². The molecule has 162 valence electrons. The summed E-state index contributed by atoms with van der Waals surface area (Å²) >= 11 is 9.37. The van der Waals surface area contributed by atoms with Gasteiger partial charge >= 0.3 is 5.97 Å². The second kappa shape index (κ2) is 9.77. The lowest BCUT2D eigenvalue weighted by Crippen LogP contribution is -1.99. The van der Waals surface area contributed by atoms with Crippen molar-refractivity contribution in [1.82, 2.24) is 0 Å². The van der Waals surface area contributed by atoms with E-state index < -0.39 is 5.97 Å². The average Bonchev–Trinajstić information content (AvgIpc) is 3.28. The fraction of sp³-hybridized carbons (Fsp3) is 0.0800. The third-order valence-corrected chi connectivity index (χ3v) is 6.98. The molecule has 0 bridgehead atoms. The number of benzene rings is 3. The zero-order chi connectivity index (χ0) is 22.7. The third-order valence-electron chi connectivity index (χ3n) is 4.93. The fourth-order valence-corrected chi connectivity index (χ4v) is 4.85. The summed E-state index contributed by atoms with van der Waals surface area (Å²) in [5.41, 5.74) is 3.80. The molecule has 4 rings (SSSR count). The Bertz CT molecular complexity index is 1270. The summed E-state index contributed by atoms with van der Waals surface area (Å²) in [4.78, 5) is 13.3. The van der Waals surface area contributed by atoms with Crippen LogP contribution in [0.15, 0.2) is 77.0 Å². The van der Waals surface area contributed by atoms with Gasteiger partial charge in [-0.15, -0.1) is 23.1 Å². The molecule has 1 aromatic heterocycles. The molecule has 0 radical (unpaired) electrons. The quantitative estimate of drug-likeness (QED) is 0.271.